The quantitative estimate of drug-likeness (QED) is 0.769. The molecule has 0 aromatic heterocycles. The summed E-state index contributed by atoms with van der Waals surface area (Å²) >= 11 is 1.84. The molecule has 1 aliphatic heterocycles. The van der Waals surface area contributed by atoms with Crippen molar-refractivity contribution in [2.75, 3.05) is 12.4 Å². The van der Waals surface area contributed by atoms with Gasteiger partial charge in [0.25, 0.3) is 0 Å². The normalized spacial score (nSPS) is 27.8. The van der Waals surface area contributed by atoms with Crippen LogP contribution in [0.3, 0.4) is 0 Å². The lowest BCUT2D eigenvalue weighted by atomic mass is 9.94. The minimum absolute atomic E-state index is 0.102. The van der Waals surface area contributed by atoms with E-state index in [1.165, 1.54) is 0 Å². The Morgan fingerprint density at radius 3 is 2.62 bits per heavy atom. The van der Waals surface area contributed by atoms with Crippen molar-refractivity contribution in [1.29, 1.82) is 0 Å². The molecule has 1 unspecified atom stereocenters. The summed E-state index contributed by atoms with van der Waals surface area (Å²) in [4.78, 5) is 0. The third-order valence-corrected chi connectivity index (χ3v) is 4.34. The van der Waals surface area contributed by atoms with Crippen LogP contribution < -0.4 is 5.14 Å². The molecule has 1 rings (SSSR count). The van der Waals surface area contributed by atoms with Gasteiger partial charge in [0.2, 0.25) is 0 Å². The molecule has 78 valence electrons. The molecule has 4 nitrogen and oxygen atoms in total. The Balaban J connectivity index is 2.46. The summed E-state index contributed by atoms with van der Waals surface area (Å²) in [6.45, 7) is 4.41. The molecule has 13 heavy (non-hydrogen) atoms. The SMILES string of the molecule is CC1(C)SCCC1COS(N)(=O)=O. The van der Waals surface area contributed by atoms with E-state index in [0.29, 0.717) is 0 Å². The first-order valence-electron chi connectivity index (χ1n) is 4.12. The minimum atomic E-state index is -3.77. The molecule has 1 saturated heterocycles. The van der Waals surface area contributed by atoms with Crippen molar-refractivity contribution in [2.45, 2.75) is 25.0 Å². The molecular weight excluding hydrogens is 210 g/mol. The number of rotatable bonds is 3. The van der Waals surface area contributed by atoms with Crippen LogP contribution >= 0.6 is 11.8 Å². The highest BCUT2D eigenvalue weighted by Gasteiger charge is 2.35. The third kappa shape index (κ3) is 3.46. The Kier molecular flexibility index (Phi) is 3.27. The van der Waals surface area contributed by atoms with Gasteiger partial charge < -0.3 is 0 Å². The molecular formula is C7H15NO3S2. The smallest absolute Gasteiger partial charge is 0.258 e. The van der Waals surface area contributed by atoms with Gasteiger partial charge >= 0.3 is 10.3 Å². The number of nitrogens with two attached hydrogens (primary N) is 1. The third-order valence-electron chi connectivity index (χ3n) is 2.36. The van der Waals surface area contributed by atoms with Crippen molar-refractivity contribution >= 4 is 22.1 Å². The van der Waals surface area contributed by atoms with Crippen LogP contribution in [0.2, 0.25) is 0 Å². The molecule has 0 spiro atoms. The van der Waals surface area contributed by atoms with Gasteiger partial charge in [-0.25, -0.2) is 5.14 Å². The number of thioether (sulfide) groups is 1. The number of hydrogen-bond acceptors (Lipinski definition) is 4. The number of hydrogen-bond donors (Lipinski definition) is 1. The lowest BCUT2D eigenvalue weighted by Gasteiger charge is -2.24. The second kappa shape index (κ2) is 3.76. The van der Waals surface area contributed by atoms with E-state index in [-0.39, 0.29) is 17.3 Å². The van der Waals surface area contributed by atoms with Crippen molar-refractivity contribution in [3.63, 3.8) is 0 Å². The fourth-order valence-corrected chi connectivity index (χ4v) is 3.09. The molecule has 0 aromatic carbocycles. The van der Waals surface area contributed by atoms with Gasteiger partial charge in [-0.15, -0.1) is 0 Å². The minimum Gasteiger partial charge on any atom is -0.258 e. The van der Waals surface area contributed by atoms with Gasteiger partial charge in [0, 0.05) is 4.75 Å². The molecule has 1 heterocycles. The van der Waals surface area contributed by atoms with E-state index in [4.69, 9.17) is 5.14 Å². The van der Waals surface area contributed by atoms with E-state index in [0.717, 1.165) is 12.2 Å². The van der Waals surface area contributed by atoms with Gasteiger partial charge in [-0.3, -0.25) is 4.18 Å². The van der Waals surface area contributed by atoms with Crippen LogP contribution in [-0.2, 0) is 14.5 Å². The maximum absolute atomic E-state index is 10.5. The zero-order valence-corrected chi connectivity index (χ0v) is 9.45. The van der Waals surface area contributed by atoms with E-state index in [1.54, 1.807) is 0 Å². The van der Waals surface area contributed by atoms with E-state index in [9.17, 15) is 8.42 Å². The van der Waals surface area contributed by atoms with Gasteiger partial charge in [-0.2, -0.15) is 20.2 Å². The van der Waals surface area contributed by atoms with E-state index in [2.05, 4.69) is 18.0 Å². The van der Waals surface area contributed by atoms with Gasteiger partial charge in [0.15, 0.2) is 0 Å². The van der Waals surface area contributed by atoms with E-state index >= 15 is 0 Å². The summed E-state index contributed by atoms with van der Waals surface area (Å²) in [5.41, 5.74) is 0. The maximum Gasteiger partial charge on any atom is 0.333 e. The molecule has 1 atom stereocenters. The average molecular weight is 225 g/mol. The molecule has 1 aliphatic rings. The topological polar surface area (TPSA) is 69.4 Å². The maximum atomic E-state index is 10.5. The Morgan fingerprint density at radius 2 is 2.23 bits per heavy atom. The molecule has 0 aromatic rings. The molecule has 0 radical (unpaired) electrons. The summed E-state index contributed by atoms with van der Waals surface area (Å²) < 4.78 is 25.8. The molecule has 0 aliphatic carbocycles. The summed E-state index contributed by atoms with van der Waals surface area (Å²) in [5.74, 6) is 1.34. The van der Waals surface area contributed by atoms with Crippen LogP contribution in [0.4, 0.5) is 0 Å². The lowest BCUT2D eigenvalue weighted by molar-refractivity contribution is 0.232. The predicted molar refractivity (Wildman–Crippen MR) is 53.7 cm³/mol. The van der Waals surface area contributed by atoms with Gasteiger partial charge in [-0.1, -0.05) is 13.8 Å². The van der Waals surface area contributed by atoms with Crippen molar-refractivity contribution in [1.82, 2.24) is 0 Å². The largest absolute Gasteiger partial charge is 0.333 e. The summed E-state index contributed by atoms with van der Waals surface area (Å²) in [6.07, 6.45) is 0.993. The highest BCUT2D eigenvalue weighted by molar-refractivity contribution is 8.00. The predicted octanol–water partition coefficient (Wildman–Crippen LogP) is 0.738. The monoisotopic (exact) mass is 225 g/mol. The Morgan fingerprint density at radius 1 is 1.62 bits per heavy atom. The van der Waals surface area contributed by atoms with Crippen LogP contribution in [0.5, 0.6) is 0 Å². The zero-order valence-electron chi connectivity index (χ0n) is 7.82. The van der Waals surface area contributed by atoms with Crippen molar-refractivity contribution in [2.24, 2.45) is 11.1 Å². The molecule has 6 heteroatoms. The van der Waals surface area contributed by atoms with Crippen LogP contribution in [0.1, 0.15) is 20.3 Å². The van der Waals surface area contributed by atoms with Gasteiger partial charge in [-0.05, 0) is 18.1 Å². The van der Waals surface area contributed by atoms with E-state index < -0.39 is 10.3 Å². The standard InChI is InChI=1S/C7H15NO3S2/c1-7(2)6(3-4-12-7)5-11-13(8,9)10/h6H,3-5H2,1-2H3,(H2,8,9,10). The summed E-state index contributed by atoms with van der Waals surface area (Å²) in [6, 6.07) is 0. The van der Waals surface area contributed by atoms with Gasteiger partial charge in [0.05, 0.1) is 6.61 Å². The molecule has 1 fully saturated rings. The second-order valence-electron chi connectivity index (χ2n) is 3.71. The summed E-state index contributed by atoms with van der Waals surface area (Å²) in [7, 11) is -3.77. The first kappa shape index (κ1) is 11.3. The Hall–Kier alpha value is 0.220. The van der Waals surface area contributed by atoms with Crippen LogP contribution in [0, 0.1) is 5.92 Å². The highest BCUT2D eigenvalue weighted by Crippen LogP contribution is 2.42. The van der Waals surface area contributed by atoms with Crippen molar-refractivity contribution in [3.8, 4) is 0 Å². The van der Waals surface area contributed by atoms with Crippen LogP contribution in [0.15, 0.2) is 0 Å². The fourth-order valence-electron chi connectivity index (χ4n) is 1.39. The first-order valence-corrected chi connectivity index (χ1v) is 6.58. The van der Waals surface area contributed by atoms with Crippen molar-refractivity contribution in [3.05, 3.63) is 0 Å². The van der Waals surface area contributed by atoms with Crippen LogP contribution in [0.25, 0.3) is 0 Å². The molecule has 2 N–H and O–H groups in total. The fraction of sp³-hybridized carbons (Fsp3) is 1.00. The first-order chi connectivity index (χ1) is 5.81. The Labute approximate surface area is 83.5 Å². The molecule has 0 amide bonds. The summed E-state index contributed by atoms with van der Waals surface area (Å²) in [5, 5.41) is 4.75. The van der Waals surface area contributed by atoms with Gasteiger partial charge in [0.1, 0.15) is 0 Å². The zero-order chi connectivity index (χ0) is 10.1. The molecule has 0 bridgehead atoms. The van der Waals surface area contributed by atoms with Crippen molar-refractivity contribution < 1.29 is 12.6 Å². The Bertz CT molecular complexity index is 273. The molecule has 0 saturated carbocycles. The highest BCUT2D eigenvalue weighted by atomic mass is 32.2. The lowest BCUT2D eigenvalue weighted by Crippen LogP contribution is -2.29. The second-order valence-corrected chi connectivity index (χ2v) is 6.69. The average Bonchev–Trinajstić information content (AvgIpc) is 2.23. The van der Waals surface area contributed by atoms with Crippen LogP contribution in [-0.4, -0.2) is 25.5 Å². The van der Waals surface area contributed by atoms with E-state index in [1.807, 2.05) is 11.8 Å².